The summed E-state index contributed by atoms with van der Waals surface area (Å²) in [5.41, 5.74) is 0. The zero-order chi connectivity index (χ0) is 6.24. The van der Waals surface area contributed by atoms with Gasteiger partial charge in [0.25, 0.3) is 0 Å². The van der Waals surface area contributed by atoms with Gasteiger partial charge < -0.3 is 0 Å². The minimum Gasteiger partial charge on any atom is -0.193 e. The van der Waals surface area contributed by atoms with Crippen LogP contribution in [0, 0.1) is 0 Å². The summed E-state index contributed by atoms with van der Waals surface area (Å²) in [6.45, 7) is 2.13. The largest absolute Gasteiger partial charge is 0.193 e. The first-order chi connectivity index (χ1) is 3.91. The third-order valence-electron chi connectivity index (χ3n) is 0.743. The van der Waals surface area contributed by atoms with Gasteiger partial charge >= 0.3 is 0 Å². The summed E-state index contributed by atoms with van der Waals surface area (Å²) < 4.78 is 0. The molecule has 0 aromatic heterocycles. The SMILES string of the molecule is CCC/C=C\N=NC. The summed E-state index contributed by atoms with van der Waals surface area (Å²) in [4.78, 5) is 0. The fraction of sp³-hybridized carbons (Fsp3) is 0.667. The van der Waals surface area contributed by atoms with Crippen molar-refractivity contribution in [2.75, 3.05) is 7.05 Å². The van der Waals surface area contributed by atoms with Gasteiger partial charge in [-0.25, -0.2) is 0 Å². The number of allylic oxidation sites excluding steroid dienone is 1. The van der Waals surface area contributed by atoms with Crippen LogP contribution in [-0.2, 0) is 0 Å². The number of hydrogen-bond donors (Lipinski definition) is 0. The number of hydrogen-bond acceptors (Lipinski definition) is 2. The second-order valence-corrected chi connectivity index (χ2v) is 1.49. The van der Waals surface area contributed by atoms with Crippen molar-refractivity contribution >= 4 is 0 Å². The molecule has 0 rings (SSSR count). The fourth-order valence-electron chi connectivity index (χ4n) is 0.355. The molecule has 0 aliphatic heterocycles. The molecule has 0 saturated heterocycles. The highest BCUT2D eigenvalue weighted by molar-refractivity contribution is 4.76. The molecule has 0 radical (unpaired) electrons. The lowest BCUT2D eigenvalue weighted by Gasteiger charge is -1.77. The molecule has 2 heteroatoms. The van der Waals surface area contributed by atoms with Gasteiger partial charge in [-0.1, -0.05) is 19.4 Å². The molecule has 0 spiro atoms. The molecule has 0 aliphatic rings. The van der Waals surface area contributed by atoms with Gasteiger partial charge in [-0.3, -0.25) is 0 Å². The van der Waals surface area contributed by atoms with Crippen LogP contribution in [0.25, 0.3) is 0 Å². The molecule has 0 fully saturated rings. The maximum Gasteiger partial charge on any atom is 0.0491 e. The Labute approximate surface area is 50.3 Å². The van der Waals surface area contributed by atoms with Crippen LogP contribution in [0.3, 0.4) is 0 Å². The first-order valence-corrected chi connectivity index (χ1v) is 2.85. The molecule has 0 N–H and O–H groups in total. The monoisotopic (exact) mass is 112 g/mol. The molecule has 0 atom stereocenters. The van der Waals surface area contributed by atoms with Crippen molar-refractivity contribution < 1.29 is 0 Å². The van der Waals surface area contributed by atoms with Gasteiger partial charge in [-0.15, -0.1) is 0 Å². The average Bonchev–Trinajstić information content (AvgIpc) is 1.81. The van der Waals surface area contributed by atoms with Gasteiger partial charge in [0.15, 0.2) is 0 Å². The predicted octanol–water partition coefficient (Wildman–Crippen LogP) is 2.38. The van der Waals surface area contributed by atoms with Crippen molar-refractivity contribution in [3.63, 3.8) is 0 Å². The van der Waals surface area contributed by atoms with E-state index in [4.69, 9.17) is 0 Å². The Morgan fingerprint density at radius 2 is 2.25 bits per heavy atom. The Balaban J connectivity index is 3.07. The minimum absolute atomic E-state index is 1.10. The van der Waals surface area contributed by atoms with Crippen molar-refractivity contribution in [3.8, 4) is 0 Å². The molecule has 8 heavy (non-hydrogen) atoms. The van der Waals surface area contributed by atoms with E-state index >= 15 is 0 Å². The fourth-order valence-corrected chi connectivity index (χ4v) is 0.355. The third-order valence-corrected chi connectivity index (χ3v) is 0.743. The van der Waals surface area contributed by atoms with Crippen molar-refractivity contribution in [1.29, 1.82) is 0 Å². The second kappa shape index (κ2) is 6.34. The number of nitrogens with zero attached hydrogens (tertiary/aromatic N) is 2. The normalized spacial score (nSPS) is 11.8. The van der Waals surface area contributed by atoms with Crippen LogP contribution >= 0.6 is 0 Å². The highest BCUT2D eigenvalue weighted by atomic mass is 15.1. The number of azo groups is 1. The highest BCUT2D eigenvalue weighted by Crippen LogP contribution is 1.87. The van der Waals surface area contributed by atoms with E-state index in [1.165, 1.54) is 6.42 Å². The summed E-state index contributed by atoms with van der Waals surface area (Å²) >= 11 is 0. The van der Waals surface area contributed by atoms with Crippen LogP contribution in [0.5, 0.6) is 0 Å². The molecule has 0 amide bonds. The molecule has 0 bridgehead atoms. The summed E-state index contributed by atoms with van der Waals surface area (Å²) in [5.74, 6) is 0. The Morgan fingerprint density at radius 3 is 2.75 bits per heavy atom. The van der Waals surface area contributed by atoms with Gasteiger partial charge in [0, 0.05) is 13.2 Å². The Kier molecular flexibility index (Phi) is 5.82. The van der Waals surface area contributed by atoms with E-state index in [2.05, 4.69) is 17.2 Å². The average molecular weight is 112 g/mol. The summed E-state index contributed by atoms with van der Waals surface area (Å²) in [7, 11) is 1.66. The van der Waals surface area contributed by atoms with E-state index in [9.17, 15) is 0 Å². The maximum absolute atomic E-state index is 3.65. The van der Waals surface area contributed by atoms with E-state index in [-0.39, 0.29) is 0 Å². The third kappa shape index (κ3) is 5.34. The van der Waals surface area contributed by atoms with E-state index < -0.39 is 0 Å². The van der Waals surface area contributed by atoms with Gasteiger partial charge in [0.1, 0.15) is 0 Å². The molecular formula is C6H12N2. The van der Waals surface area contributed by atoms with Crippen molar-refractivity contribution in [1.82, 2.24) is 0 Å². The van der Waals surface area contributed by atoms with E-state index in [1.54, 1.807) is 13.2 Å². The van der Waals surface area contributed by atoms with E-state index in [0.29, 0.717) is 0 Å². The molecule has 0 aromatic carbocycles. The molecule has 0 unspecified atom stereocenters. The zero-order valence-corrected chi connectivity index (χ0v) is 5.46. The van der Waals surface area contributed by atoms with Crippen LogP contribution in [-0.4, -0.2) is 7.05 Å². The lowest BCUT2D eigenvalue weighted by molar-refractivity contribution is 0.952. The van der Waals surface area contributed by atoms with Crippen molar-refractivity contribution in [2.24, 2.45) is 10.2 Å². The Morgan fingerprint density at radius 1 is 1.50 bits per heavy atom. The number of rotatable bonds is 3. The van der Waals surface area contributed by atoms with Crippen LogP contribution in [0.2, 0.25) is 0 Å². The summed E-state index contributed by atoms with van der Waals surface area (Å²) in [5, 5.41) is 7.20. The van der Waals surface area contributed by atoms with Crippen LogP contribution in [0.4, 0.5) is 0 Å². The molecule has 0 aliphatic carbocycles. The van der Waals surface area contributed by atoms with E-state index in [0.717, 1.165) is 6.42 Å². The quantitative estimate of drug-likeness (QED) is 0.501. The van der Waals surface area contributed by atoms with Gasteiger partial charge in [0.05, 0.1) is 0 Å². The summed E-state index contributed by atoms with van der Waals surface area (Å²) in [6.07, 6.45) is 6.01. The van der Waals surface area contributed by atoms with Gasteiger partial charge in [-0.2, -0.15) is 10.2 Å². The molecule has 0 saturated carbocycles. The lowest BCUT2D eigenvalue weighted by atomic mass is 10.3. The first kappa shape index (κ1) is 7.34. The second-order valence-electron chi connectivity index (χ2n) is 1.49. The summed E-state index contributed by atoms with van der Waals surface area (Å²) in [6, 6.07) is 0. The lowest BCUT2D eigenvalue weighted by Crippen LogP contribution is -1.57. The maximum atomic E-state index is 3.65. The Hall–Kier alpha value is -0.660. The van der Waals surface area contributed by atoms with Crippen LogP contribution in [0.1, 0.15) is 19.8 Å². The van der Waals surface area contributed by atoms with E-state index in [1.807, 2.05) is 6.08 Å². The van der Waals surface area contributed by atoms with Gasteiger partial charge in [-0.05, 0) is 6.42 Å². The Bertz CT molecular complexity index is 84.5. The topological polar surface area (TPSA) is 24.7 Å². The zero-order valence-electron chi connectivity index (χ0n) is 5.46. The van der Waals surface area contributed by atoms with Crippen LogP contribution < -0.4 is 0 Å². The van der Waals surface area contributed by atoms with Crippen molar-refractivity contribution in [3.05, 3.63) is 12.3 Å². The van der Waals surface area contributed by atoms with Crippen molar-refractivity contribution in [2.45, 2.75) is 19.8 Å². The molecule has 46 valence electrons. The number of unbranched alkanes of at least 4 members (excludes halogenated alkanes) is 1. The molecule has 0 heterocycles. The molecule has 0 aromatic rings. The predicted molar refractivity (Wildman–Crippen MR) is 34.8 cm³/mol. The smallest absolute Gasteiger partial charge is 0.0491 e. The van der Waals surface area contributed by atoms with Gasteiger partial charge in [0.2, 0.25) is 0 Å². The highest BCUT2D eigenvalue weighted by Gasteiger charge is 1.68. The van der Waals surface area contributed by atoms with Crippen LogP contribution in [0.15, 0.2) is 22.5 Å². The molecule has 2 nitrogen and oxygen atoms in total. The standard InChI is InChI=1S/C6H12N2/c1-3-4-5-6-8-7-2/h5-6H,3-4H2,1-2H3/b6-5-,8-7?. The molecular weight excluding hydrogens is 100 g/mol. The first-order valence-electron chi connectivity index (χ1n) is 2.85. The minimum atomic E-state index is 1.10.